The van der Waals surface area contributed by atoms with E-state index in [1.165, 1.54) is 5.56 Å². The minimum atomic E-state index is 0.214. The Hall–Kier alpha value is -1.74. The molecule has 0 fully saturated rings. The summed E-state index contributed by atoms with van der Waals surface area (Å²) in [4.78, 5) is 0. The molecule has 2 rings (SSSR count). The van der Waals surface area contributed by atoms with Gasteiger partial charge in [0.05, 0.1) is 18.9 Å². The molecule has 1 aromatic heterocycles. The predicted octanol–water partition coefficient (Wildman–Crippen LogP) is 3.53. The van der Waals surface area contributed by atoms with Crippen molar-refractivity contribution < 1.29 is 9.15 Å². The summed E-state index contributed by atoms with van der Waals surface area (Å²) in [6.07, 6.45) is 1.70. The van der Waals surface area contributed by atoms with Crippen LogP contribution in [0.5, 0.6) is 5.75 Å². The molecule has 0 radical (unpaired) electrons. The van der Waals surface area contributed by atoms with Crippen LogP contribution >= 0.6 is 0 Å². The zero-order chi connectivity index (χ0) is 12.8. The normalized spacial score (nSPS) is 12.3. The smallest absolute Gasteiger partial charge is 0.120 e. The van der Waals surface area contributed by atoms with Crippen LogP contribution in [0.3, 0.4) is 0 Å². The van der Waals surface area contributed by atoms with E-state index in [4.69, 9.17) is 9.15 Å². The maximum absolute atomic E-state index is 5.41. The lowest BCUT2D eigenvalue weighted by atomic mass is 10.2. The van der Waals surface area contributed by atoms with Gasteiger partial charge in [0.15, 0.2) is 0 Å². The molecule has 0 aliphatic rings. The zero-order valence-electron chi connectivity index (χ0n) is 10.8. The van der Waals surface area contributed by atoms with Gasteiger partial charge in [-0.25, -0.2) is 0 Å². The van der Waals surface area contributed by atoms with Gasteiger partial charge in [0.1, 0.15) is 11.5 Å². The highest BCUT2D eigenvalue weighted by Crippen LogP contribution is 2.15. The van der Waals surface area contributed by atoms with Gasteiger partial charge in [-0.2, -0.15) is 0 Å². The fourth-order valence-corrected chi connectivity index (χ4v) is 1.78. The lowest BCUT2D eigenvalue weighted by molar-refractivity contribution is 0.340. The Morgan fingerprint density at radius 2 is 2.00 bits per heavy atom. The molecule has 2 aromatic rings. The molecule has 1 N–H and O–H groups in total. The van der Waals surface area contributed by atoms with Crippen molar-refractivity contribution in [2.75, 3.05) is 6.61 Å². The molecule has 3 heteroatoms. The van der Waals surface area contributed by atoms with E-state index in [0.717, 1.165) is 18.1 Å². The van der Waals surface area contributed by atoms with E-state index in [-0.39, 0.29) is 6.04 Å². The second kappa shape index (κ2) is 6.26. The standard InChI is InChI=1S/C15H19NO2/c1-3-17-14-8-6-13(7-9-14)11-16-12(2)15-5-4-10-18-15/h4-10,12,16H,3,11H2,1-2H3. The Morgan fingerprint density at radius 3 is 2.61 bits per heavy atom. The summed E-state index contributed by atoms with van der Waals surface area (Å²) in [5.74, 6) is 1.88. The van der Waals surface area contributed by atoms with Crippen molar-refractivity contribution in [2.24, 2.45) is 0 Å². The van der Waals surface area contributed by atoms with E-state index >= 15 is 0 Å². The average molecular weight is 245 g/mol. The van der Waals surface area contributed by atoms with Crippen LogP contribution in [0.4, 0.5) is 0 Å². The molecule has 96 valence electrons. The molecule has 0 saturated carbocycles. The highest BCUT2D eigenvalue weighted by atomic mass is 16.5. The van der Waals surface area contributed by atoms with Crippen molar-refractivity contribution in [2.45, 2.75) is 26.4 Å². The molecule has 0 amide bonds. The Balaban J connectivity index is 1.86. The summed E-state index contributed by atoms with van der Waals surface area (Å²) in [5.41, 5.74) is 1.23. The quantitative estimate of drug-likeness (QED) is 0.845. The Morgan fingerprint density at radius 1 is 1.22 bits per heavy atom. The van der Waals surface area contributed by atoms with Gasteiger partial charge < -0.3 is 14.5 Å². The van der Waals surface area contributed by atoms with Gasteiger partial charge in [-0.05, 0) is 43.7 Å². The molecule has 1 heterocycles. The highest BCUT2D eigenvalue weighted by Gasteiger charge is 2.06. The number of ether oxygens (including phenoxy) is 1. The fourth-order valence-electron chi connectivity index (χ4n) is 1.78. The van der Waals surface area contributed by atoms with E-state index in [9.17, 15) is 0 Å². The summed E-state index contributed by atoms with van der Waals surface area (Å²) in [5, 5.41) is 3.42. The maximum Gasteiger partial charge on any atom is 0.120 e. The molecule has 0 saturated heterocycles. The number of hydrogen-bond donors (Lipinski definition) is 1. The summed E-state index contributed by atoms with van der Waals surface area (Å²) in [6.45, 7) is 5.59. The van der Waals surface area contributed by atoms with Crippen LogP contribution in [-0.2, 0) is 6.54 Å². The predicted molar refractivity (Wildman–Crippen MR) is 71.6 cm³/mol. The lowest BCUT2D eigenvalue weighted by Crippen LogP contribution is -2.17. The first kappa shape index (κ1) is 12.7. The third-order valence-electron chi connectivity index (χ3n) is 2.82. The van der Waals surface area contributed by atoms with Crippen molar-refractivity contribution in [3.8, 4) is 5.75 Å². The van der Waals surface area contributed by atoms with E-state index in [0.29, 0.717) is 6.61 Å². The van der Waals surface area contributed by atoms with Crippen LogP contribution in [-0.4, -0.2) is 6.61 Å². The van der Waals surface area contributed by atoms with Crippen LogP contribution in [0.1, 0.15) is 31.2 Å². The summed E-state index contributed by atoms with van der Waals surface area (Å²) in [7, 11) is 0. The Kier molecular flexibility index (Phi) is 4.42. The number of nitrogens with one attached hydrogen (secondary N) is 1. The molecule has 0 bridgehead atoms. The van der Waals surface area contributed by atoms with Crippen LogP contribution in [0.25, 0.3) is 0 Å². The molecule has 1 aromatic carbocycles. The molecular weight excluding hydrogens is 226 g/mol. The van der Waals surface area contributed by atoms with Gasteiger partial charge >= 0.3 is 0 Å². The van der Waals surface area contributed by atoms with Gasteiger partial charge in [-0.1, -0.05) is 12.1 Å². The fraction of sp³-hybridized carbons (Fsp3) is 0.333. The molecule has 0 spiro atoms. The molecule has 0 aliphatic heterocycles. The van der Waals surface area contributed by atoms with E-state index < -0.39 is 0 Å². The molecule has 3 nitrogen and oxygen atoms in total. The second-order valence-corrected chi connectivity index (χ2v) is 4.19. The van der Waals surface area contributed by atoms with Crippen molar-refractivity contribution in [3.63, 3.8) is 0 Å². The van der Waals surface area contributed by atoms with Gasteiger partial charge in [-0.3, -0.25) is 0 Å². The second-order valence-electron chi connectivity index (χ2n) is 4.19. The van der Waals surface area contributed by atoms with Crippen LogP contribution < -0.4 is 10.1 Å². The first-order chi connectivity index (χ1) is 8.79. The van der Waals surface area contributed by atoms with E-state index in [2.05, 4.69) is 24.4 Å². The Labute approximate surface area is 108 Å². The van der Waals surface area contributed by atoms with Crippen LogP contribution in [0.2, 0.25) is 0 Å². The largest absolute Gasteiger partial charge is 0.494 e. The Bertz CT molecular complexity index is 448. The number of furan rings is 1. The monoisotopic (exact) mass is 245 g/mol. The van der Waals surface area contributed by atoms with Gasteiger partial charge in [0, 0.05) is 6.54 Å². The minimum Gasteiger partial charge on any atom is -0.494 e. The molecule has 18 heavy (non-hydrogen) atoms. The molecular formula is C15H19NO2. The minimum absolute atomic E-state index is 0.214. The average Bonchev–Trinajstić information content (AvgIpc) is 2.92. The van der Waals surface area contributed by atoms with Crippen molar-refractivity contribution in [3.05, 3.63) is 54.0 Å². The van der Waals surface area contributed by atoms with Gasteiger partial charge in [0.2, 0.25) is 0 Å². The van der Waals surface area contributed by atoms with Crippen LogP contribution in [0.15, 0.2) is 47.1 Å². The molecule has 0 aliphatic carbocycles. The first-order valence-electron chi connectivity index (χ1n) is 6.28. The third kappa shape index (κ3) is 3.37. The van der Waals surface area contributed by atoms with E-state index in [1.54, 1.807) is 6.26 Å². The van der Waals surface area contributed by atoms with Gasteiger partial charge in [-0.15, -0.1) is 0 Å². The summed E-state index contributed by atoms with van der Waals surface area (Å²) in [6, 6.07) is 12.3. The SMILES string of the molecule is CCOc1ccc(CNC(C)c2ccco2)cc1. The molecule has 1 atom stereocenters. The summed E-state index contributed by atoms with van der Waals surface area (Å²) >= 11 is 0. The van der Waals surface area contributed by atoms with Crippen molar-refractivity contribution in [1.82, 2.24) is 5.32 Å². The highest BCUT2D eigenvalue weighted by molar-refractivity contribution is 5.27. The van der Waals surface area contributed by atoms with Crippen molar-refractivity contribution in [1.29, 1.82) is 0 Å². The van der Waals surface area contributed by atoms with Crippen LogP contribution in [0, 0.1) is 0 Å². The number of rotatable bonds is 6. The zero-order valence-corrected chi connectivity index (χ0v) is 10.8. The summed E-state index contributed by atoms with van der Waals surface area (Å²) < 4.78 is 10.8. The topological polar surface area (TPSA) is 34.4 Å². The van der Waals surface area contributed by atoms with E-state index in [1.807, 2.05) is 31.2 Å². The van der Waals surface area contributed by atoms with Crippen molar-refractivity contribution >= 4 is 0 Å². The lowest BCUT2D eigenvalue weighted by Gasteiger charge is -2.11. The third-order valence-corrected chi connectivity index (χ3v) is 2.82. The van der Waals surface area contributed by atoms with Gasteiger partial charge in [0.25, 0.3) is 0 Å². The number of hydrogen-bond acceptors (Lipinski definition) is 3. The maximum atomic E-state index is 5.41. The number of benzene rings is 1. The first-order valence-corrected chi connectivity index (χ1v) is 6.28. The molecule has 1 unspecified atom stereocenters.